The van der Waals surface area contributed by atoms with Crippen LogP contribution in [0.1, 0.15) is 27.0 Å². The van der Waals surface area contributed by atoms with E-state index in [1.165, 1.54) is 7.11 Å². The molecular weight excluding hydrogens is 524 g/mol. The average Bonchev–Trinajstić information content (AvgIpc) is 3.57. The van der Waals surface area contributed by atoms with Crippen molar-refractivity contribution in [3.05, 3.63) is 101 Å². The Kier molecular flexibility index (Phi) is 6.04. The highest BCUT2D eigenvalue weighted by molar-refractivity contribution is 6.08. The van der Waals surface area contributed by atoms with Gasteiger partial charge in [0.05, 0.1) is 19.5 Å². The Labute approximate surface area is 235 Å². The Hall–Kier alpha value is -5.16. The standard InChI is InChI=1S/C30H28N6O5/c1-17-32-26(38)29(15-31,34-17)21-8-3-18(4-9-21)19-5-10-22(11-6-19)30(27(39)33-28(40)35-30)16-36-14-20-7-12-23(41-2)13-24(20)25(36)37/h3-13,34H,1,14-16,31H2,2H3,(H,32,38)(H2,33,35,39,40)/t29?,30-/m0/s1. The molecule has 2 saturated heterocycles. The molecular formula is C30H28N6O5. The quantitative estimate of drug-likeness (QED) is 0.278. The van der Waals surface area contributed by atoms with Crippen LogP contribution in [0.5, 0.6) is 5.75 Å². The first-order chi connectivity index (χ1) is 19.7. The van der Waals surface area contributed by atoms with Crippen LogP contribution in [0.15, 0.2) is 79.1 Å². The van der Waals surface area contributed by atoms with Gasteiger partial charge in [-0.15, -0.1) is 0 Å². The van der Waals surface area contributed by atoms with Crippen LogP contribution in [0.4, 0.5) is 4.79 Å². The fourth-order valence-corrected chi connectivity index (χ4v) is 5.73. The van der Waals surface area contributed by atoms with Gasteiger partial charge in [0.2, 0.25) is 0 Å². The van der Waals surface area contributed by atoms with Crippen molar-refractivity contribution in [2.45, 2.75) is 17.6 Å². The molecule has 3 aliphatic heterocycles. The summed E-state index contributed by atoms with van der Waals surface area (Å²) in [5.41, 5.74) is 7.71. The number of imide groups is 1. The van der Waals surface area contributed by atoms with E-state index in [4.69, 9.17) is 10.5 Å². The maximum absolute atomic E-state index is 13.2. The molecule has 208 valence electrons. The fourth-order valence-electron chi connectivity index (χ4n) is 5.73. The summed E-state index contributed by atoms with van der Waals surface area (Å²) in [7, 11) is 1.53. The van der Waals surface area contributed by atoms with Gasteiger partial charge in [0.25, 0.3) is 17.7 Å². The van der Waals surface area contributed by atoms with E-state index in [9.17, 15) is 19.2 Å². The lowest BCUT2D eigenvalue weighted by Gasteiger charge is -2.31. The molecule has 3 aliphatic rings. The van der Waals surface area contributed by atoms with Gasteiger partial charge in [-0.05, 0) is 39.9 Å². The molecule has 11 heteroatoms. The zero-order valence-electron chi connectivity index (χ0n) is 22.2. The molecule has 3 aromatic carbocycles. The first-order valence-corrected chi connectivity index (χ1v) is 13.0. The Balaban J connectivity index is 1.27. The van der Waals surface area contributed by atoms with E-state index < -0.39 is 23.0 Å². The van der Waals surface area contributed by atoms with E-state index in [1.54, 1.807) is 29.2 Å². The maximum atomic E-state index is 13.2. The first kappa shape index (κ1) is 26.1. The second-order valence-corrected chi connectivity index (χ2v) is 10.3. The Morgan fingerprint density at radius 1 is 0.854 bits per heavy atom. The molecule has 2 fully saturated rings. The van der Waals surface area contributed by atoms with Gasteiger partial charge in [-0.25, -0.2) is 4.79 Å². The SMILES string of the molecule is C=C1NC(=O)C(CN)(c2ccc(-c3ccc([C@]4(CN5Cc6ccc(OC)cc6C5=O)NC(=O)NC4=O)cc3)cc2)N1. The van der Waals surface area contributed by atoms with Crippen molar-refractivity contribution in [2.24, 2.45) is 5.73 Å². The number of rotatable bonds is 7. The van der Waals surface area contributed by atoms with E-state index >= 15 is 0 Å². The van der Waals surface area contributed by atoms with Gasteiger partial charge in [-0.2, -0.15) is 0 Å². The van der Waals surface area contributed by atoms with Crippen molar-refractivity contribution in [1.82, 2.24) is 26.2 Å². The summed E-state index contributed by atoms with van der Waals surface area (Å²) in [4.78, 5) is 52.9. The normalized spacial score (nSPS) is 23.2. The van der Waals surface area contributed by atoms with Gasteiger partial charge in [0.15, 0.2) is 11.1 Å². The van der Waals surface area contributed by atoms with Gasteiger partial charge >= 0.3 is 6.03 Å². The van der Waals surface area contributed by atoms with Crippen LogP contribution >= 0.6 is 0 Å². The smallest absolute Gasteiger partial charge is 0.322 e. The van der Waals surface area contributed by atoms with E-state index in [1.807, 2.05) is 42.5 Å². The molecule has 3 heterocycles. The van der Waals surface area contributed by atoms with Crippen LogP contribution in [-0.2, 0) is 27.2 Å². The van der Waals surface area contributed by atoms with Crippen LogP contribution in [0, 0.1) is 0 Å². The third-order valence-electron chi connectivity index (χ3n) is 7.98. The van der Waals surface area contributed by atoms with Crippen molar-refractivity contribution in [2.75, 3.05) is 20.2 Å². The number of benzene rings is 3. The summed E-state index contributed by atoms with van der Waals surface area (Å²) in [6, 6.07) is 19.3. The van der Waals surface area contributed by atoms with Gasteiger partial charge < -0.3 is 31.3 Å². The Bertz CT molecular complexity index is 1620. The monoisotopic (exact) mass is 552 g/mol. The number of ether oxygens (including phenoxy) is 1. The summed E-state index contributed by atoms with van der Waals surface area (Å²) < 4.78 is 5.25. The third-order valence-corrected chi connectivity index (χ3v) is 7.98. The summed E-state index contributed by atoms with van der Waals surface area (Å²) in [6.45, 7) is 4.08. The molecule has 5 amide bonds. The molecule has 6 N–H and O–H groups in total. The van der Waals surface area contributed by atoms with Crippen LogP contribution < -0.4 is 31.7 Å². The number of nitrogens with two attached hydrogens (primary N) is 1. The zero-order valence-corrected chi connectivity index (χ0v) is 22.2. The second kappa shape index (κ2) is 9.49. The minimum Gasteiger partial charge on any atom is -0.497 e. The minimum atomic E-state index is -1.46. The molecule has 11 nitrogen and oxygen atoms in total. The lowest BCUT2D eigenvalue weighted by Crippen LogP contribution is -2.52. The molecule has 41 heavy (non-hydrogen) atoms. The number of hydrogen-bond donors (Lipinski definition) is 5. The van der Waals surface area contributed by atoms with Crippen molar-refractivity contribution in [1.29, 1.82) is 0 Å². The lowest BCUT2D eigenvalue weighted by atomic mass is 9.87. The van der Waals surface area contributed by atoms with E-state index in [0.29, 0.717) is 34.8 Å². The number of fused-ring (bicyclic) bond motifs is 1. The van der Waals surface area contributed by atoms with E-state index in [0.717, 1.165) is 16.7 Å². The summed E-state index contributed by atoms with van der Waals surface area (Å²) in [6.07, 6.45) is 0. The highest BCUT2D eigenvalue weighted by atomic mass is 16.5. The molecule has 2 atom stereocenters. The number of methoxy groups -OCH3 is 1. The number of amides is 5. The van der Waals surface area contributed by atoms with Crippen LogP contribution in [0.3, 0.4) is 0 Å². The predicted octanol–water partition coefficient (Wildman–Crippen LogP) is 1.40. The summed E-state index contributed by atoms with van der Waals surface area (Å²) in [5, 5.41) is 10.8. The Morgan fingerprint density at radius 2 is 1.46 bits per heavy atom. The highest BCUT2D eigenvalue weighted by Gasteiger charge is 2.50. The van der Waals surface area contributed by atoms with Crippen molar-refractivity contribution < 1.29 is 23.9 Å². The summed E-state index contributed by atoms with van der Waals surface area (Å²) in [5.74, 6) is -0.0694. The molecule has 3 aromatic rings. The van der Waals surface area contributed by atoms with Crippen molar-refractivity contribution in [3.63, 3.8) is 0 Å². The molecule has 0 saturated carbocycles. The molecule has 0 bridgehead atoms. The lowest BCUT2D eigenvalue weighted by molar-refractivity contribution is -0.125. The number of nitrogens with zero attached hydrogens (tertiary/aromatic N) is 1. The highest BCUT2D eigenvalue weighted by Crippen LogP contribution is 2.34. The van der Waals surface area contributed by atoms with Crippen molar-refractivity contribution >= 4 is 23.8 Å². The summed E-state index contributed by atoms with van der Waals surface area (Å²) >= 11 is 0. The molecule has 0 aromatic heterocycles. The van der Waals surface area contributed by atoms with Gasteiger partial charge in [-0.3, -0.25) is 19.7 Å². The van der Waals surface area contributed by atoms with Crippen molar-refractivity contribution in [3.8, 4) is 16.9 Å². The van der Waals surface area contributed by atoms with E-state index in [2.05, 4.69) is 27.8 Å². The zero-order chi connectivity index (χ0) is 28.9. The first-order valence-electron chi connectivity index (χ1n) is 13.0. The average molecular weight is 553 g/mol. The second-order valence-electron chi connectivity index (χ2n) is 10.3. The van der Waals surface area contributed by atoms with Gasteiger partial charge in [0.1, 0.15) is 5.75 Å². The van der Waals surface area contributed by atoms with Crippen LogP contribution in [0.2, 0.25) is 0 Å². The fraction of sp³-hybridized carbons (Fsp3) is 0.200. The number of nitrogens with one attached hydrogen (secondary N) is 4. The minimum absolute atomic E-state index is 0.0457. The van der Waals surface area contributed by atoms with E-state index in [-0.39, 0.29) is 24.9 Å². The number of carbonyl (C=O) groups is 4. The van der Waals surface area contributed by atoms with Crippen LogP contribution in [0.25, 0.3) is 11.1 Å². The Morgan fingerprint density at radius 3 is 1.98 bits per heavy atom. The number of hydrogen-bond acceptors (Lipinski definition) is 7. The maximum Gasteiger partial charge on any atom is 0.322 e. The van der Waals surface area contributed by atoms with Gasteiger partial charge in [0, 0.05) is 18.7 Å². The molecule has 0 radical (unpaired) electrons. The third kappa shape index (κ3) is 4.09. The van der Waals surface area contributed by atoms with Crippen LogP contribution in [-0.4, -0.2) is 48.9 Å². The predicted molar refractivity (Wildman–Crippen MR) is 149 cm³/mol. The van der Waals surface area contributed by atoms with Gasteiger partial charge in [-0.1, -0.05) is 61.2 Å². The number of urea groups is 1. The molecule has 0 aliphatic carbocycles. The molecule has 1 unspecified atom stereocenters. The molecule has 0 spiro atoms. The topological polar surface area (TPSA) is 155 Å². The molecule has 6 rings (SSSR count). The largest absolute Gasteiger partial charge is 0.497 e. The number of carbonyl (C=O) groups excluding carboxylic acids is 4.